The topological polar surface area (TPSA) is 3.88 Å². The van der Waals surface area contributed by atoms with Crippen LogP contribution in [0.4, 0.5) is 0 Å². The summed E-state index contributed by atoms with van der Waals surface area (Å²) in [5.74, 6) is 0. The predicted molar refractivity (Wildman–Crippen MR) is 140 cm³/mol. The van der Waals surface area contributed by atoms with Crippen LogP contribution in [0.2, 0.25) is 0 Å². The maximum absolute atomic E-state index is 4.74. The zero-order valence-corrected chi connectivity index (χ0v) is 20.8. The molecular weight excluding hydrogens is 398 g/mol. The number of hydrogen-bond donors (Lipinski definition) is 0. The first kappa shape index (κ1) is 21.9. The number of pyridine rings is 1. The first-order chi connectivity index (χ1) is 15.9. The monoisotopic (exact) mass is 434 g/mol. The zero-order chi connectivity index (χ0) is 23.4. The van der Waals surface area contributed by atoms with Crippen molar-refractivity contribution in [2.24, 2.45) is 0 Å². The van der Waals surface area contributed by atoms with Gasteiger partial charge in [-0.3, -0.25) is 0 Å². The van der Waals surface area contributed by atoms with Gasteiger partial charge < -0.3 is 0 Å². The van der Waals surface area contributed by atoms with Crippen LogP contribution < -0.4 is 4.57 Å². The molecule has 0 radical (unpaired) electrons. The molecule has 0 spiro atoms. The van der Waals surface area contributed by atoms with Crippen LogP contribution in [0, 0.1) is 0 Å². The molecule has 0 saturated heterocycles. The standard InChI is InChI=1S/C32H36N/c1-7-12-23-14-16-24(17-15-23)25-18-19-26-27(21-25)31(5,6)30-28-13-10-11-20-33(28)32(8-2,9-3)22(4)29(26)30/h10-11,13-21H,4,7-9,12H2,1-3,5-6H3/q+1. The molecule has 3 aromatic rings. The van der Waals surface area contributed by atoms with Gasteiger partial charge in [-0.05, 0) is 46.4 Å². The summed E-state index contributed by atoms with van der Waals surface area (Å²) in [4.78, 5) is 0. The van der Waals surface area contributed by atoms with E-state index in [0.29, 0.717) is 0 Å². The van der Waals surface area contributed by atoms with Gasteiger partial charge in [-0.1, -0.05) is 84.0 Å². The molecule has 2 aromatic carbocycles. The van der Waals surface area contributed by atoms with Crippen molar-refractivity contribution >= 4 is 11.1 Å². The van der Waals surface area contributed by atoms with Crippen molar-refractivity contribution in [1.29, 1.82) is 0 Å². The number of fused-ring (bicyclic) bond motifs is 4. The van der Waals surface area contributed by atoms with E-state index in [9.17, 15) is 0 Å². The Morgan fingerprint density at radius 1 is 0.848 bits per heavy atom. The fraction of sp³-hybridized carbons (Fsp3) is 0.344. The highest BCUT2D eigenvalue weighted by Gasteiger charge is 2.54. The van der Waals surface area contributed by atoms with Crippen molar-refractivity contribution < 1.29 is 4.57 Å². The average molecular weight is 435 g/mol. The molecule has 0 atom stereocenters. The Bertz CT molecular complexity index is 1270. The van der Waals surface area contributed by atoms with E-state index in [1.165, 1.54) is 56.7 Å². The minimum atomic E-state index is -0.0808. The highest BCUT2D eigenvalue weighted by atomic mass is 15.1. The van der Waals surface area contributed by atoms with Crippen LogP contribution >= 0.6 is 0 Å². The second-order valence-corrected chi connectivity index (χ2v) is 10.3. The van der Waals surface area contributed by atoms with Crippen LogP contribution in [0.1, 0.15) is 76.3 Å². The lowest BCUT2D eigenvalue weighted by Gasteiger charge is -2.36. The number of aryl methyl sites for hydroxylation is 1. The number of rotatable bonds is 5. The van der Waals surface area contributed by atoms with Gasteiger partial charge in [-0.25, -0.2) is 0 Å². The highest BCUT2D eigenvalue weighted by Crippen LogP contribution is 2.57. The normalized spacial score (nSPS) is 17.5. The minimum absolute atomic E-state index is 0.0686. The van der Waals surface area contributed by atoms with Gasteiger partial charge in [0.2, 0.25) is 5.69 Å². The van der Waals surface area contributed by atoms with E-state index in [2.05, 4.69) is 106 Å². The first-order valence-corrected chi connectivity index (χ1v) is 12.6. The van der Waals surface area contributed by atoms with Gasteiger partial charge >= 0.3 is 0 Å². The van der Waals surface area contributed by atoms with Crippen molar-refractivity contribution in [3.05, 3.63) is 101 Å². The minimum Gasteiger partial charge on any atom is -0.189 e. The number of nitrogens with zero attached hydrogens (tertiary/aromatic N) is 1. The van der Waals surface area contributed by atoms with Gasteiger partial charge in [-0.15, -0.1) is 0 Å². The molecule has 0 saturated carbocycles. The molecule has 0 amide bonds. The van der Waals surface area contributed by atoms with Crippen LogP contribution in [-0.4, -0.2) is 0 Å². The maximum atomic E-state index is 4.74. The molecule has 2 aliphatic rings. The summed E-state index contributed by atoms with van der Waals surface area (Å²) < 4.78 is 2.51. The second-order valence-electron chi connectivity index (χ2n) is 10.3. The second kappa shape index (κ2) is 7.83. The Morgan fingerprint density at radius 2 is 1.55 bits per heavy atom. The fourth-order valence-electron chi connectivity index (χ4n) is 6.37. The molecule has 1 aliphatic carbocycles. The zero-order valence-electron chi connectivity index (χ0n) is 20.8. The average Bonchev–Trinajstić information content (AvgIpc) is 3.08. The number of allylic oxidation sites excluding steroid dienone is 3. The van der Waals surface area contributed by atoms with Crippen molar-refractivity contribution in [3.63, 3.8) is 0 Å². The lowest BCUT2D eigenvalue weighted by molar-refractivity contribution is -0.758. The molecule has 5 rings (SSSR count). The van der Waals surface area contributed by atoms with Crippen LogP contribution in [0.15, 0.2) is 79.0 Å². The van der Waals surface area contributed by atoms with E-state index in [1.807, 2.05) is 0 Å². The summed E-state index contributed by atoms with van der Waals surface area (Å²) in [6.45, 7) is 16.4. The van der Waals surface area contributed by atoms with Crippen LogP contribution in [-0.2, 0) is 17.4 Å². The number of aromatic nitrogens is 1. The van der Waals surface area contributed by atoms with Gasteiger partial charge in [0.15, 0.2) is 11.7 Å². The largest absolute Gasteiger partial charge is 0.210 e. The predicted octanol–water partition coefficient (Wildman–Crippen LogP) is 7.88. The third kappa shape index (κ3) is 3.01. The van der Waals surface area contributed by atoms with Crippen LogP contribution in [0.25, 0.3) is 22.3 Å². The van der Waals surface area contributed by atoms with Gasteiger partial charge in [0, 0.05) is 47.1 Å². The number of benzene rings is 2. The summed E-state index contributed by atoms with van der Waals surface area (Å²) in [5.41, 5.74) is 12.1. The van der Waals surface area contributed by atoms with E-state index in [1.54, 1.807) is 0 Å². The first-order valence-electron chi connectivity index (χ1n) is 12.6. The summed E-state index contributed by atoms with van der Waals surface area (Å²) in [6, 6.07) is 22.9. The molecule has 168 valence electrons. The van der Waals surface area contributed by atoms with E-state index in [0.717, 1.165) is 19.3 Å². The summed E-state index contributed by atoms with van der Waals surface area (Å²) in [5, 5.41) is 0. The SMILES string of the molecule is C=C1C2=C(c3cccc[n+]3C1(CC)CC)C(C)(C)c1cc(-c3ccc(CCC)cc3)ccc12. The highest BCUT2D eigenvalue weighted by molar-refractivity contribution is 6.07. The molecule has 1 aliphatic heterocycles. The summed E-state index contributed by atoms with van der Waals surface area (Å²) >= 11 is 0. The lowest BCUT2D eigenvalue weighted by Crippen LogP contribution is -2.61. The smallest absolute Gasteiger partial charge is 0.189 e. The van der Waals surface area contributed by atoms with Crippen LogP contribution in [0.5, 0.6) is 0 Å². The molecular formula is C32H36N+. The lowest BCUT2D eigenvalue weighted by atomic mass is 9.72. The quantitative estimate of drug-likeness (QED) is 0.360. The summed E-state index contributed by atoms with van der Waals surface area (Å²) in [7, 11) is 0. The Kier molecular flexibility index (Phi) is 5.20. The molecule has 2 heterocycles. The Hall–Kier alpha value is -2.93. The van der Waals surface area contributed by atoms with Crippen molar-refractivity contribution in [3.8, 4) is 11.1 Å². The molecule has 0 unspecified atom stereocenters. The van der Waals surface area contributed by atoms with Crippen molar-refractivity contribution in [2.75, 3.05) is 0 Å². The van der Waals surface area contributed by atoms with E-state index < -0.39 is 0 Å². The molecule has 0 N–H and O–H groups in total. The Labute approximate surface area is 199 Å². The van der Waals surface area contributed by atoms with Crippen molar-refractivity contribution in [1.82, 2.24) is 0 Å². The van der Waals surface area contributed by atoms with Gasteiger partial charge in [0.05, 0.1) is 0 Å². The molecule has 1 aromatic heterocycles. The number of hydrogen-bond acceptors (Lipinski definition) is 0. The molecule has 1 nitrogen and oxygen atoms in total. The van der Waals surface area contributed by atoms with E-state index >= 15 is 0 Å². The Balaban J connectivity index is 1.68. The Morgan fingerprint density at radius 3 is 2.21 bits per heavy atom. The maximum Gasteiger partial charge on any atom is 0.210 e. The van der Waals surface area contributed by atoms with E-state index in [4.69, 9.17) is 6.58 Å². The molecule has 33 heavy (non-hydrogen) atoms. The molecule has 1 heteroatoms. The van der Waals surface area contributed by atoms with Gasteiger partial charge in [-0.2, -0.15) is 4.57 Å². The summed E-state index contributed by atoms with van der Waals surface area (Å²) in [6.07, 6.45) is 6.67. The van der Waals surface area contributed by atoms with Crippen LogP contribution in [0.3, 0.4) is 0 Å². The third-order valence-electron chi connectivity index (χ3n) is 8.27. The van der Waals surface area contributed by atoms with Gasteiger partial charge in [0.25, 0.3) is 0 Å². The van der Waals surface area contributed by atoms with Gasteiger partial charge in [0.1, 0.15) is 0 Å². The molecule has 0 bridgehead atoms. The molecule has 0 fully saturated rings. The third-order valence-corrected chi connectivity index (χ3v) is 8.27. The van der Waals surface area contributed by atoms with Crippen molar-refractivity contribution in [2.45, 2.75) is 71.3 Å². The fourth-order valence-corrected chi connectivity index (χ4v) is 6.37. The van der Waals surface area contributed by atoms with E-state index in [-0.39, 0.29) is 11.0 Å².